The molecule has 1 amide bonds. The van der Waals surface area contributed by atoms with Crippen LogP contribution >= 0.6 is 11.8 Å². The molecule has 0 aliphatic carbocycles. The first kappa shape index (κ1) is 15.0. The van der Waals surface area contributed by atoms with Crippen molar-refractivity contribution < 1.29 is 4.79 Å². The molecule has 0 saturated heterocycles. The van der Waals surface area contributed by atoms with E-state index >= 15 is 0 Å². The van der Waals surface area contributed by atoms with Gasteiger partial charge < -0.3 is 5.32 Å². The summed E-state index contributed by atoms with van der Waals surface area (Å²) in [6, 6.07) is 9.82. The highest BCUT2D eigenvalue weighted by Crippen LogP contribution is 2.42. The van der Waals surface area contributed by atoms with Gasteiger partial charge in [-0.2, -0.15) is 10.2 Å². The van der Waals surface area contributed by atoms with Gasteiger partial charge in [0.25, 0.3) is 0 Å². The number of hydrogen-bond acceptors (Lipinski definition) is 4. The molecule has 0 spiro atoms. The smallest absolute Gasteiger partial charge is 0.235 e. The van der Waals surface area contributed by atoms with Gasteiger partial charge in [0, 0.05) is 24.4 Å². The monoisotopic (exact) mass is 339 g/mol. The number of nitrogens with one attached hydrogen (secondary N) is 1. The molecule has 24 heavy (non-hydrogen) atoms. The molecule has 0 unspecified atom stereocenters. The minimum absolute atomic E-state index is 0.0111. The molecule has 3 heterocycles. The molecule has 1 aliphatic heterocycles. The van der Waals surface area contributed by atoms with Crippen LogP contribution in [0.1, 0.15) is 22.1 Å². The standard InChI is InChI=1S/C17H17N5OS/c1-11-14(9-21(2)20-11)16-13-8-18-22(12-6-4-3-5-7-12)17(13)19-15(23)10-24-16/h3-9,16H,10H2,1-2H3,(H,19,23)/t16-/m0/s1. The molecule has 3 aromatic rings. The Hall–Kier alpha value is -2.54. The third-order valence-electron chi connectivity index (χ3n) is 4.05. The van der Waals surface area contributed by atoms with Crippen molar-refractivity contribution in [1.29, 1.82) is 0 Å². The second kappa shape index (κ2) is 5.83. The van der Waals surface area contributed by atoms with Crippen LogP contribution in [0.4, 0.5) is 5.82 Å². The number of nitrogens with zero attached hydrogens (tertiary/aromatic N) is 4. The fraction of sp³-hybridized carbons (Fsp3) is 0.235. The summed E-state index contributed by atoms with van der Waals surface area (Å²) in [5, 5.41) is 12.0. The van der Waals surface area contributed by atoms with Crippen molar-refractivity contribution in [2.45, 2.75) is 12.2 Å². The second-order valence-electron chi connectivity index (χ2n) is 5.78. The Balaban J connectivity index is 1.86. The first-order valence-electron chi connectivity index (χ1n) is 7.68. The topological polar surface area (TPSA) is 64.7 Å². The van der Waals surface area contributed by atoms with Crippen molar-refractivity contribution >= 4 is 23.5 Å². The van der Waals surface area contributed by atoms with Gasteiger partial charge in [-0.1, -0.05) is 18.2 Å². The highest BCUT2D eigenvalue weighted by molar-refractivity contribution is 8.00. The SMILES string of the molecule is Cc1nn(C)cc1[C@H]1SCC(=O)Nc2c1cnn2-c1ccccc1. The molecule has 0 fully saturated rings. The van der Waals surface area contributed by atoms with Crippen LogP contribution in [-0.4, -0.2) is 31.2 Å². The summed E-state index contributed by atoms with van der Waals surface area (Å²) in [5.74, 6) is 1.13. The molecule has 0 bridgehead atoms. The van der Waals surface area contributed by atoms with Gasteiger partial charge in [-0.25, -0.2) is 4.68 Å². The zero-order valence-corrected chi connectivity index (χ0v) is 14.2. The minimum Gasteiger partial charge on any atom is -0.310 e. The number of anilines is 1. The molecule has 1 N–H and O–H groups in total. The number of carbonyl (C=O) groups is 1. The van der Waals surface area contributed by atoms with Crippen LogP contribution in [0, 0.1) is 6.92 Å². The number of rotatable bonds is 2. The molecule has 1 aliphatic rings. The van der Waals surface area contributed by atoms with Crippen molar-refractivity contribution in [2.75, 3.05) is 11.1 Å². The first-order valence-corrected chi connectivity index (χ1v) is 8.73. The van der Waals surface area contributed by atoms with Crippen LogP contribution in [0.25, 0.3) is 5.69 Å². The molecular weight excluding hydrogens is 322 g/mol. The number of aryl methyl sites for hydroxylation is 2. The van der Waals surface area contributed by atoms with Gasteiger partial charge in [-0.3, -0.25) is 9.48 Å². The molecule has 0 saturated carbocycles. The van der Waals surface area contributed by atoms with Gasteiger partial charge in [0.1, 0.15) is 5.82 Å². The van der Waals surface area contributed by atoms with Crippen molar-refractivity contribution in [2.24, 2.45) is 7.05 Å². The largest absolute Gasteiger partial charge is 0.310 e. The van der Waals surface area contributed by atoms with Gasteiger partial charge in [0.15, 0.2) is 0 Å². The average Bonchev–Trinajstić information content (AvgIpc) is 3.08. The van der Waals surface area contributed by atoms with Crippen molar-refractivity contribution in [3.63, 3.8) is 0 Å². The van der Waals surface area contributed by atoms with Gasteiger partial charge in [-0.05, 0) is 19.1 Å². The lowest BCUT2D eigenvalue weighted by Crippen LogP contribution is -2.15. The third kappa shape index (κ3) is 2.50. The van der Waals surface area contributed by atoms with E-state index in [9.17, 15) is 4.79 Å². The Morgan fingerprint density at radius 1 is 1.25 bits per heavy atom. The molecule has 122 valence electrons. The molecule has 6 nitrogen and oxygen atoms in total. The minimum atomic E-state index is -0.0111. The zero-order valence-electron chi connectivity index (χ0n) is 13.4. The van der Waals surface area contributed by atoms with Gasteiger partial charge in [-0.15, -0.1) is 11.8 Å². The van der Waals surface area contributed by atoms with Crippen LogP contribution in [0.2, 0.25) is 0 Å². The summed E-state index contributed by atoms with van der Waals surface area (Å²) in [6.07, 6.45) is 3.87. The van der Waals surface area contributed by atoms with Crippen LogP contribution in [0.15, 0.2) is 42.7 Å². The van der Waals surface area contributed by atoms with E-state index < -0.39 is 0 Å². The maximum Gasteiger partial charge on any atom is 0.235 e. The summed E-state index contributed by atoms with van der Waals surface area (Å²) >= 11 is 1.61. The van der Waals surface area contributed by atoms with E-state index in [1.54, 1.807) is 16.4 Å². The van der Waals surface area contributed by atoms with E-state index in [0.29, 0.717) is 5.75 Å². The highest BCUT2D eigenvalue weighted by Gasteiger charge is 2.30. The summed E-state index contributed by atoms with van der Waals surface area (Å²) in [6.45, 7) is 2.00. The molecule has 4 rings (SSSR count). The lowest BCUT2D eigenvalue weighted by atomic mass is 10.1. The number of fused-ring (bicyclic) bond motifs is 1. The van der Waals surface area contributed by atoms with E-state index in [1.165, 1.54) is 0 Å². The third-order valence-corrected chi connectivity index (χ3v) is 5.32. The second-order valence-corrected chi connectivity index (χ2v) is 6.87. The normalized spacial score (nSPS) is 17.2. The quantitative estimate of drug-likeness (QED) is 0.780. The number of hydrogen-bond donors (Lipinski definition) is 1. The zero-order chi connectivity index (χ0) is 16.7. The lowest BCUT2D eigenvalue weighted by molar-refractivity contribution is -0.113. The number of benzene rings is 1. The van der Waals surface area contributed by atoms with E-state index in [2.05, 4.69) is 15.5 Å². The van der Waals surface area contributed by atoms with Crippen LogP contribution in [-0.2, 0) is 11.8 Å². The van der Waals surface area contributed by atoms with E-state index in [1.807, 2.05) is 61.4 Å². The van der Waals surface area contributed by atoms with Crippen LogP contribution < -0.4 is 5.32 Å². The van der Waals surface area contributed by atoms with Crippen LogP contribution in [0.5, 0.6) is 0 Å². The van der Waals surface area contributed by atoms with Crippen molar-refractivity contribution in [3.05, 3.63) is 59.5 Å². The summed E-state index contributed by atoms with van der Waals surface area (Å²) in [7, 11) is 1.91. The number of thioether (sulfide) groups is 1. The molecule has 1 atom stereocenters. The predicted molar refractivity (Wildman–Crippen MR) is 94.4 cm³/mol. The molecule has 1 aromatic carbocycles. The maximum absolute atomic E-state index is 12.2. The Labute approximate surface area is 143 Å². The van der Waals surface area contributed by atoms with E-state index in [-0.39, 0.29) is 11.2 Å². The summed E-state index contributed by atoms with van der Waals surface area (Å²) in [4.78, 5) is 12.2. The average molecular weight is 339 g/mol. The van der Waals surface area contributed by atoms with E-state index in [0.717, 1.165) is 28.3 Å². The number of amides is 1. The summed E-state index contributed by atoms with van der Waals surface area (Å²) < 4.78 is 3.60. The van der Waals surface area contributed by atoms with Crippen LogP contribution in [0.3, 0.4) is 0 Å². The van der Waals surface area contributed by atoms with E-state index in [4.69, 9.17) is 0 Å². The van der Waals surface area contributed by atoms with Gasteiger partial charge >= 0.3 is 0 Å². The fourth-order valence-corrected chi connectivity index (χ4v) is 4.15. The molecule has 0 radical (unpaired) electrons. The Morgan fingerprint density at radius 3 is 2.75 bits per heavy atom. The molecule has 2 aromatic heterocycles. The van der Waals surface area contributed by atoms with Gasteiger partial charge in [0.2, 0.25) is 5.91 Å². The fourth-order valence-electron chi connectivity index (χ4n) is 2.99. The highest BCUT2D eigenvalue weighted by atomic mass is 32.2. The lowest BCUT2D eigenvalue weighted by Gasteiger charge is -2.13. The first-order chi connectivity index (χ1) is 11.6. The number of para-hydroxylation sites is 1. The van der Waals surface area contributed by atoms with Gasteiger partial charge in [0.05, 0.1) is 28.6 Å². The Morgan fingerprint density at radius 2 is 2.04 bits per heavy atom. The number of carbonyl (C=O) groups excluding carboxylic acids is 1. The van der Waals surface area contributed by atoms with Crippen molar-refractivity contribution in [3.8, 4) is 5.69 Å². The number of aromatic nitrogens is 4. The van der Waals surface area contributed by atoms with Crippen molar-refractivity contribution in [1.82, 2.24) is 19.6 Å². The molecule has 7 heteroatoms. The maximum atomic E-state index is 12.2. The Bertz CT molecular complexity index is 899. The predicted octanol–water partition coefficient (Wildman–Crippen LogP) is 2.69. The molecular formula is C17H17N5OS. The summed E-state index contributed by atoms with van der Waals surface area (Å²) in [5.41, 5.74) is 4.02. The Kier molecular flexibility index (Phi) is 3.65.